The second kappa shape index (κ2) is 22.5. The molecule has 0 fully saturated rings. The standard InChI is InChI=1S/C3H5.H2O.Y/c1-3-2;;/h3H,1-2H2;1H2;/q-1;;. The van der Waals surface area contributed by atoms with E-state index in [0.29, 0.717) is 0 Å². The van der Waals surface area contributed by atoms with Crippen molar-refractivity contribution >= 4 is 0 Å². The molecule has 0 rings (SSSR count). The van der Waals surface area contributed by atoms with E-state index >= 15 is 0 Å². The molecule has 0 aliphatic rings. The molecule has 0 saturated heterocycles. The van der Waals surface area contributed by atoms with E-state index in [1.807, 2.05) is 0 Å². The maximum atomic E-state index is 3.25. The zero-order chi connectivity index (χ0) is 2.71. The van der Waals surface area contributed by atoms with Gasteiger partial charge in [-0.1, -0.05) is 0 Å². The van der Waals surface area contributed by atoms with Crippen LogP contribution in [0.25, 0.3) is 0 Å². The smallest absolute Gasteiger partial charge is 0 e. The Kier molecular flexibility index (Phi) is 78.1. The molecule has 0 aromatic carbocycles. The van der Waals surface area contributed by atoms with Crippen LogP contribution in [0.1, 0.15) is 0 Å². The molecule has 0 saturated carbocycles. The van der Waals surface area contributed by atoms with Crippen molar-refractivity contribution in [3.63, 3.8) is 0 Å². The van der Waals surface area contributed by atoms with Gasteiger partial charge in [0, 0.05) is 32.7 Å². The third-order valence-electron chi connectivity index (χ3n) is 0. The van der Waals surface area contributed by atoms with Gasteiger partial charge in [-0.05, 0) is 0 Å². The third kappa shape index (κ3) is 73.6. The van der Waals surface area contributed by atoms with Gasteiger partial charge in [0.25, 0.3) is 0 Å². The largest absolute Gasteiger partial charge is 0.412 e. The van der Waals surface area contributed by atoms with Crippen LogP contribution in [-0.4, -0.2) is 5.48 Å². The fourth-order valence-electron chi connectivity index (χ4n) is 0. The molecule has 0 aromatic heterocycles. The summed E-state index contributed by atoms with van der Waals surface area (Å²) in [6.45, 7) is 6.50. The van der Waals surface area contributed by atoms with Crippen molar-refractivity contribution in [3.8, 4) is 0 Å². The zero-order valence-electron chi connectivity index (χ0n) is 3.07. The minimum Gasteiger partial charge on any atom is -0.412 e. The van der Waals surface area contributed by atoms with Crippen molar-refractivity contribution in [1.29, 1.82) is 0 Å². The van der Waals surface area contributed by atoms with Crippen LogP contribution in [0.2, 0.25) is 0 Å². The van der Waals surface area contributed by atoms with E-state index in [9.17, 15) is 0 Å². The van der Waals surface area contributed by atoms with Gasteiger partial charge < -0.3 is 5.48 Å². The van der Waals surface area contributed by atoms with Gasteiger partial charge in [0.15, 0.2) is 0 Å². The average molecular weight is 148 g/mol. The van der Waals surface area contributed by atoms with Gasteiger partial charge in [-0.25, -0.2) is 19.6 Å². The molecular weight excluding hydrogens is 141 g/mol. The van der Waals surface area contributed by atoms with E-state index in [0.717, 1.165) is 0 Å². The van der Waals surface area contributed by atoms with Crippen LogP contribution in [0.4, 0.5) is 0 Å². The molecule has 0 amide bonds. The van der Waals surface area contributed by atoms with E-state index in [1.54, 1.807) is 0 Å². The van der Waals surface area contributed by atoms with Gasteiger partial charge in [0.05, 0.1) is 0 Å². The van der Waals surface area contributed by atoms with Gasteiger partial charge in [-0.15, -0.1) is 0 Å². The molecule has 1 nitrogen and oxygen atoms in total. The molecule has 0 atom stereocenters. The monoisotopic (exact) mass is 148 g/mol. The van der Waals surface area contributed by atoms with Gasteiger partial charge in [-0.3, -0.25) is 0 Å². The van der Waals surface area contributed by atoms with Crippen LogP contribution in [0, 0.1) is 6.92 Å². The van der Waals surface area contributed by atoms with Gasteiger partial charge in [0.2, 0.25) is 0 Å². The quantitative estimate of drug-likeness (QED) is 0.439. The third-order valence-corrected chi connectivity index (χ3v) is 0. The van der Waals surface area contributed by atoms with Crippen molar-refractivity contribution in [2.45, 2.75) is 0 Å². The van der Waals surface area contributed by atoms with Crippen molar-refractivity contribution < 1.29 is 38.2 Å². The van der Waals surface area contributed by atoms with E-state index in [4.69, 9.17) is 0 Å². The molecule has 2 heteroatoms. The van der Waals surface area contributed by atoms with E-state index < -0.39 is 0 Å². The Morgan fingerprint density at radius 3 is 1.60 bits per heavy atom. The molecule has 5 heavy (non-hydrogen) atoms. The Hall–Kier alpha value is 0.674. The molecule has 0 heterocycles. The maximum absolute atomic E-state index is 3.25. The molecule has 0 aliphatic carbocycles. The topological polar surface area (TPSA) is 31.5 Å². The van der Waals surface area contributed by atoms with Gasteiger partial charge >= 0.3 is 0 Å². The fourth-order valence-corrected chi connectivity index (χ4v) is 0. The molecule has 2 N–H and O–H groups in total. The second-order valence-corrected chi connectivity index (χ2v) is 0.289. The first-order chi connectivity index (χ1) is 1.41. The Labute approximate surface area is 57.6 Å². The summed E-state index contributed by atoms with van der Waals surface area (Å²) in [4.78, 5) is 0. The predicted molar refractivity (Wildman–Crippen MR) is 19.2 cm³/mol. The van der Waals surface area contributed by atoms with E-state index in [-0.39, 0.29) is 38.2 Å². The SMILES string of the molecule is C=C[CH2-].O.[Y]. The minimum atomic E-state index is 0. The number of hydrogen-bond acceptors (Lipinski definition) is 0. The van der Waals surface area contributed by atoms with E-state index in [1.165, 1.54) is 6.08 Å². The first-order valence-corrected chi connectivity index (χ1v) is 0.816. The molecule has 0 unspecified atom stereocenters. The Morgan fingerprint density at radius 2 is 1.60 bits per heavy atom. The minimum absolute atomic E-state index is 0. The van der Waals surface area contributed by atoms with Crippen molar-refractivity contribution in [2.75, 3.05) is 0 Å². The molecule has 0 aliphatic heterocycles. The Morgan fingerprint density at radius 1 is 1.60 bits per heavy atom. The summed E-state index contributed by atoms with van der Waals surface area (Å²) >= 11 is 0. The van der Waals surface area contributed by atoms with Crippen molar-refractivity contribution in [2.24, 2.45) is 0 Å². The summed E-state index contributed by atoms with van der Waals surface area (Å²) < 4.78 is 0. The molecular formula is C3H7OY-. The molecule has 0 aromatic rings. The Balaban J connectivity index is -0.0000000200. The van der Waals surface area contributed by atoms with Gasteiger partial charge in [0.1, 0.15) is 0 Å². The van der Waals surface area contributed by atoms with E-state index in [2.05, 4.69) is 13.5 Å². The van der Waals surface area contributed by atoms with Crippen LogP contribution in [-0.2, 0) is 32.7 Å². The maximum Gasteiger partial charge on any atom is 0 e. The molecule has 0 bridgehead atoms. The summed E-state index contributed by atoms with van der Waals surface area (Å²) in [5, 5.41) is 0. The zero-order valence-corrected chi connectivity index (χ0v) is 5.91. The average Bonchev–Trinajstić information content (AvgIpc) is 0.918. The van der Waals surface area contributed by atoms with Gasteiger partial charge in [-0.2, -0.15) is 0 Å². The fraction of sp³-hybridized carbons (Fsp3) is 0. The number of rotatable bonds is 0. The van der Waals surface area contributed by atoms with Crippen molar-refractivity contribution in [1.82, 2.24) is 0 Å². The summed E-state index contributed by atoms with van der Waals surface area (Å²) in [6.07, 6.45) is 1.50. The predicted octanol–water partition coefficient (Wildman–Crippen LogP) is 0.179. The van der Waals surface area contributed by atoms with Crippen LogP contribution >= 0.6 is 0 Å². The molecule has 29 valence electrons. The van der Waals surface area contributed by atoms with Crippen LogP contribution in [0.5, 0.6) is 0 Å². The van der Waals surface area contributed by atoms with Crippen LogP contribution in [0.3, 0.4) is 0 Å². The number of allylic oxidation sites excluding steroid dienone is 1. The van der Waals surface area contributed by atoms with Crippen LogP contribution < -0.4 is 0 Å². The van der Waals surface area contributed by atoms with Crippen LogP contribution in [0.15, 0.2) is 12.7 Å². The Bertz CT molecular complexity index is 14.4. The summed E-state index contributed by atoms with van der Waals surface area (Å²) in [6, 6.07) is 0. The first-order valence-electron chi connectivity index (χ1n) is 0.816. The summed E-state index contributed by atoms with van der Waals surface area (Å²) in [5.74, 6) is 0. The molecule has 0 spiro atoms. The summed E-state index contributed by atoms with van der Waals surface area (Å²) in [5.41, 5.74) is 0. The first kappa shape index (κ1) is 17.3. The summed E-state index contributed by atoms with van der Waals surface area (Å²) in [7, 11) is 0. The number of hydrogen-bond donors (Lipinski definition) is 0. The normalized spacial score (nSPS) is 2.40. The molecule has 1 radical (unpaired) electrons. The van der Waals surface area contributed by atoms with Crippen molar-refractivity contribution in [3.05, 3.63) is 19.6 Å². The second-order valence-electron chi connectivity index (χ2n) is 0.289.